The lowest BCUT2D eigenvalue weighted by Crippen LogP contribution is -2.33. The number of hydrogen-bond acceptors (Lipinski definition) is 2. The molecule has 0 bridgehead atoms. The molecule has 0 heterocycles. The van der Waals surface area contributed by atoms with Crippen LogP contribution in [0.15, 0.2) is 18.2 Å². The van der Waals surface area contributed by atoms with E-state index in [1.807, 2.05) is 32.0 Å². The predicted molar refractivity (Wildman–Crippen MR) is 77.1 cm³/mol. The topological polar surface area (TPSA) is 49.3 Å². The van der Waals surface area contributed by atoms with Gasteiger partial charge in [-0.25, -0.2) is 0 Å². The van der Waals surface area contributed by atoms with Gasteiger partial charge in [-0.2, -0.15) is 0 Å². The first-order chi connectivity index (χ1) is 8.06. The van der Waals surface area contributed by atoms with Crippen molar-refractivity contribution in [3.8, 4) is 0 Å². The highest BCUT2D eigenvalue weighted by molar-refractivity contribution is 14.1. The fourth-order valence-electron chi connectivity index (χ4n) is 1.59. The molecule has 1 aromatic carbocycles. The first kappa shape index (κ1) is 14.4. The van der Waals surface area contributed by atoms with Crippen LogP contribution < -0.4 is 5.32 Å². The number of carbonyl (C=O) groups is 1. The molecule has 0 aliphatic carbocycles. The van der Waals surface area contributed by atoms with Gasteiger partial charge in [0.15, 0.2) is 0 Å². The minimum absolute atomic E-state index is 0.0384. The Bertz CT molecular complexity index is 393. The smallest absolute Gasteiger partial charge is 0.252 e. The largest absolute Gasteiger partial charge is 0.396 e. The minimum atomic E-state index is -0.0384. The molecule has 2 N–H and O–H groups in total. The number of rotatable bonds is 5. The first-order valence-electron chi connectivity index (χ1n) is 5.73. The van der Waals surface area contributed by atoms with E-state index in [-0.39, 0.29) is 18.6 Å². The van der Waals surface area contributed by atoms with Crippen LogP contribution >= 0.6 is 22.6 Å². The van der Waals surface area contributed by atoms with Crippen molar-refractivity contribution in [3.05, 3.63) is 32.9 Å². The van der Waals surface area contributed by atoms with Crippen LogP contribution in [0.25, 0.3) is 0 Å². The van der Waals surface area contributed by atoms with E-state index in [2.05, 4.69) is 27.9 Å². The summed E-state index contributed by atoms with van der Waals surface area (Å²) in [5.74, 6) is -0.0384. The molecule has 0 saturated carbocycles. The van der Waals surface area contributed by atoms with Crippen LogP contribution in [0.2, 0.25) is 0 Å². The number of aryl methyl sites for hydroxylation is 1. The molecule has 1 atom stereocenters. The summed E-state index contributed by atoms with van der Waals surface area (Å²) in [6.45, 7) is 4.12. The summed E-state index contributed by atoms with van der Waals surface area (Å²) in [6.07, 6.45) is 1.51. The lowest BCUT2D eigenvalue weighted by Gasteiger charge is -2.14. The molecule has 94 valence electrons. The van der Waals surface area contributed by atoms with Crippen LogP contribution in [-0.4, -0.2) is 23.7 Å². The number of aliphatic hydroxyl groups excluding tert-OH is 1. The van der Waals surface area contributed by atoms with E-state index in [0.29, 0.717) is 6.42 Å². The molecule has 1 rings (SSSR count). The quantitative estimate of drug-likeness (QED) is 0.804. The highest BCUT2D eigenvalue weighted by Gasteiger charge is 2.13. The van der Waals surface area contributed by atoms with Gasteiger partial charge in [0, 0.05) is 16.2 Å². The second-order valence-corrected chi connectivity index (χ2v) is 5.26. The van der Waals surface area contributed by atoms with Crippen molar-refractivity contribution in [2.24, 2.45) is 0 Å². The molecule has 1 unspecified atom stereocenters. The van der Waals surface area contributed by atoms with E-state index in [1.54, 1.807) is 0 Å². The zero-order chi connectivity index (χ0) is 12.8. The lowest BCUT2D eigenvalue weighted by atomic mass is 10.1. The molecule has 0 aliphatic rings. The van der Waals surface area contributed by atoms with Crippen molar-refractivity contribution in [2.75, 3.05) is 6.61 Å². The highest BCUT2D eigenvalue weighted by atomic mass is 127. The van der Waals surface area contributed by atoms with E-state index in [9.17, 15) is 4.79 Å². The molecule has 3 nitrogen and oxygen atoms in total. The molecule has 0 aliphatic heterocycles. The molecule has 0 fully saturated rings. The highest BCUT2D eigenvalue weighted by Crippen LogP contribution is 2.16. The summed E-state index contributed by atoms with van der Waals surface area (Å²) in [4.78, 5) is 12.0. The summed E-state index contributed by atoms with van der Waals surface area (Å²) >= 11 is 2.19. The van der Waals surface area contributed by atoms with E-state index < -0.39 is 0 Å². The summed E-state index contributed by atoms with van der Waals surface area (Å²) in [7, 11) is 0. The fourth-order valence-corrected chi connectivity index (χ4v) is 2.20. The molecule has 1 amide bonds. The zero-order valence-electron chi connectivity index (χ0n) is 10.2. The molecule has 4 heteroatoms. The van der Waals surface area contributed by atoms with Gasteiger partial charge in [-0.15, -0.1) is 0 Å². The van der Waals surface area contributed by atoms with E-state index >= 15 is 0 Å². The zero-order valence-corrected chi connectivity index (χ0v) is 12.3. The maximum absolute atomic E-state index is 12.0. The number of amides is 1. The molecular formula is C13H18INO2. The van der Waals surface area contributed by atoms with Crippen LogP contribution in [0.3, 0.4) is 0 Å². The van der Waals surface area contributed by atoms with Gasteiger partial charge in [-0.3, -0.25) is 4.79 Å². The third-order valence-corrected chi connectivity index (χ3v) is 4.04. The Hall–Kier alpha value is -0.620. The van der Waals surface area contributed by atoms with Crippen LogP contribution in [0.4, 0.5) is 0 Å². The van der Waals surface area contributed by atoms with E-state index in [1.165, 1.54) is 0 Å². The molecule has 0 radical (unpaired) electrons. The second kappa shape index (κ2) is 6.96. The van der Waals surface area contributed by atoms with E-state index in [4.69, 9.17) is 5.11 Å². The Morgan fingerprint density at radius 1 is 1.53 bits per heavy atom. The van der Waals surface area contributed by atoms with Crippen LogP contribution in [0.1, 0.15) is 35.7 Å². The average Bonchev–Trinajstić information content (AvgIpc) is 2.29. The standard InChI is InChI=1S/C13H18INO2/c1-9-5-3-7-11(12(9)14)13(17)15-10(2)6-4-8-16/h3,5,7,10,16H,4,6,8H2,1-2H3,(H,15,17). The monoisotopic (exact) mass is 347 g/mol. The van der Waals surface area contributed by atoms with Gasteiger partial charge >= 0.3 is 0 Å². The summed E-state index contributed by atoms with van der Waals surface area (Å²) in [6, 6.07) is 5.81. The van der Waals surface area contributed by atoms with Gasteiger partial charge in [0.1, 0.15) is 0 Å². The number of benzene rings is 1. The number of hydrogen-bond donors (Lipinski definition) is 2. The number of aliphatic hydroxyl groups is 1. The molecule has 0 saturated heterocycles. The third kappa shape index (κ3) is 4.27. The Balaban J connectivity index is 2.67. The van der Waals surface area contributed by atoms with Crippen molar-refractivity contribution < 1.29 is 9.90 Å². The molecule has 17 heavy (non-hydrogen) atoms. The summed E-state index contributed by atoms with van der Waals surface area (Å²) < 4.78 is 0.997. The number of carbonyl (C=O) groups excluding carboxylic acids is 1. The van der Waals surface area contributed by atoms with Gasteiger partial charge < -0.3 is 10.4 Å². The number of halogens is 1. The molecule has 1 aromatic rings. The Morgan fingerprint density at radius 3 is 2.88 bits per heavy atom. The Morgan fingerprint density at radius 2 is 2.24 bits per heavy atom. The summed E-state index contributed by atoms with van der Waals surface area (Å²) in [5, 5.41) is 11.7. The van der Waals surface area contributed by atoms with Crippen molar-refractivity contribution in [3.63, 3.8) is 0 Å². The van der Waals surface area contributed by atoms with Gasteiger partial charge in [-0.05, 0) is 60.9 Å². The third-order valence-electron chi connectivity index (χ3n) is 2.61. The van der Waals surface area contributed by atoms with Crippen molar-refractivity contribution in [1.82, 2.24) is 5.32 Å². The van der Waals surface area contributed by atoms with Gasteiger partial charge in [0.05, 0.1) is 5.56 Å². The Labute approximate surface area is 116 Å². The van der Waals surface area contributed by atoms with Crippen molar-refractivity contribution in [1.29, 1.82) is 0 Å². The van der Waals surface area contributed by atoms with Crippen LogP contribution in [-0.2, 0) is 0 Å². The maximum Gasteiger partial charge on any atom is 0.252 e. The normalized spacial score (nSPS) is 12.2. The predicted octanol–water partition coefficient (Wildman–Crippen LogP) is 2.49. The van der Waals surface area contributed by atoms with Crippen molar-refractivity contribution in [2.45, 2.75) is 32.7 Å². The van der Waals surface area contributed by atoms with Gasteiger partial charge in [-0.1, -0.05) is 12.1 Å². The molecular weight excluding hydrogens is 329 g/mol. The Kier molecular flexibility index (Phi) is 5.91. The molecule has 0 spiro atoms. The molecule has 0 aromatic heterocycles. The number of nitrogens with one attached hydrogen (secondary N) is 1. The summed E-state index contributed by atoms with van der Waals surface area (Å²) in [5.41, 5.74) is 1.84. The van der Waals surface area contributed by atoms with Crippen LogP contribution in [0.5, 0.6) is 0 Å². The van der Waals surface area contributed by atoms with Gasteiger partial charge in [0.2, 0.25) is 0 Å². The SMILES string of the molecule is Cc1cccc(C(=O)NC(C)CCCO)c1I. The lowest BCUT2D eigenvalue weighted by molar-refractivity contribution is 0.0935. The first-order valence-corrected chi connectivity index (χ1v) is 6.81. The minimum Gasteiger partial charge on any atom is -0.396 e. The van der Waals surface area contributed by atoms with E-state index in [0.717, 1.165) is 21.1 Å². The fraction of sp³-hybridized carbons (Fsp3) is 0.462. The van der Waals surface area contributed by atoms with Crippen LogP contribution in [0, 0.1) is 10.5 Å². The maximum atomic E-state index is 12.0. The van der Waals surface area contributed by atoms with Crippen molar-refractivity contribution >= 4 is 28.5 Å². The van der Waals surface area contributed by atoms with Gasteiger partial charge in [0.25, 0.3) is 5.91 Å². The average molecular weight is 347 g/mol. The second-order valence-electron chi connectivity index (χ2n) is 4.18.